The summed E-state index contributed by atoms with van der Waals surface area (Å²) in [5, 5.41) is 8.13. The standard InChI is InChI=1S/C26H26FN7O3/c1-14(15-8-28-9-15)37-17-5-20(27)25(30-11-17)34-24-19-6-18(16-10-31-32(2)13-16)23(36-4)7-21(19)29-12-22(24)33(3)26(34)35/h5-7,10-15,28H,8-9H2,1-4H3. The number of imidazole rings is 1. The number of benzene rings is 1. The van der Waals surface area contributed by atoms with E-state index in [1.807, 2.05) is 26.2 Å². The number of pyridine rings is 2. The zero-order valence-corrected chi connectivity index (χ0v) is 20.9. The normalized spacial score (nSPS) is 14.7. The van der Waals surface area contributed by atoms with Crippen molar-refractivity contribution < 1.29 is 13.9 Å². The number of methoxy groups -OCH3 is 1. The lowest BCUT2D eigenvalue weighted by molar-refractivity contribution is 0.114. The van der Waals surface area contributed by atoms with Gasteiger partial charge in [-0.15, -0.1) is 0 Å². The molecular weight excluding hydrogens is 477 g/mol. The summed E-state index contributed by atoms with van der Waals surface area (Å²) in [4.78, 5) is 22.3. The van der Waals surface area contributed by atoms with Gasteiger partial charge in [0.25, 0.3) is 0 Å². The molecule has 1 aliphatic rings. The zero-order chi connectivity index (χ0) is 25.8. The fraction of sp³-hybridized carbons (Fsp3) is 0.308. The predicted molar refractivity (Wildman–Crippen MR) is 137 cm³/mol. The first-order valence-corrected chi connectivity index (χ1v) is 12.0. The molecule has 1 aliphatic heterocycles. The van der Waals surface area contributed by atoms with Crippen molar-refractivity contribution in [2.75, 3.05) is 20.2 Å². The number of aromatic nitrogens is 6. The zero-order valence-electron chi connectivity index (χ0n) is 20.9. The van der Waals surface area contributed by atoms with Crippen LogP contribution in [0.5, 0.6) is 11.5 Å². The highest BCUT2D eigenvalue weighted by Gasteiger charge is 2.26. The third kappa shape index (κ3) is 3.73. The molecule has 1 aromatic carbocycles. The third-order valence-corrected chi connectivity index (χ3v) is 7.03. The second-order valence-corrected chi connectivity index (χ2v) is 9.36. The largest absolute Gasteiger partial charge is 0.496 e. The van der Waals surface area contributed by atoms with Crippen molar-refractivity contribution in [3.63, 3.8) is 0 Å². The Kier molecular flexibility index (Phi) is 5.45. The molecule has 11 heteroatoms. The molecule has 0 aliphatic carbocycles. The van der Waals surface area contributed by atoms with Crippen LogP contribution in [0.15, 0.2) is 47.8 Å². The first-order valence-electron chi connectivity index (χ1n) is 12.0. The van der Waals surface area contributed by atoms with Gasteiger partial charge in [0.15, 0.2) is 11.6 Å². The second kappa shape index (κ2) is 8.70. The fourth-order valence-corrected chi connectivity index (χ4v) is 4.77. The molecule has 37 heavy (non-hydrogen) atoms. The molecule has 0 bridgehead atoms. The molecule has 0 radical (unpaired) electrons. The Hall–Kier alpha value is -4.25. The quantitative estimate of drug-likeness (QED) is 0.380. The van der Waals surface area contributed by atoms with Crippen molar-refractivity contribution in [3.05, 3.63) is 59.3 Å². The molecule has 1 unspecified atom stereocenters. The average molecular weight is 504 g/mol. The van der Waals surface area contributed by atoms with Crippen LogP contribution >= 0.6 is 0 Å². The van der Waals surface area contributed by atoms with Gasteiger partial charge in [-0.1, -0.05) is 0 Å². The molecular formula is C26H26FN7O3. The second-order valence-electron chi connectivity index (χ2n) is 9.36. The van der Waals surface area contributed by atoms with Crippen molar-refractivity contribution >= 4 is 21.9 Å². The number of rotatable bonds is 6. The van der Waals surface area contributed by atoms with Crippen LogP contribution in [0.4, 0.5) is 4.39 Å². The smallest absolute Gasteiger partial charge is 0.334 e. The van der Waals surface area contributed by atoms with Gasteiger partial charge in [-0.2, -0.15) is 5.10 Å². The van der Waals surface area contributed by atoms with Crippen LogP contribution in [0, 0.1) is 11.7 Å². The van der Waals surface area contributed by atoms with Crippen LogP contribution in [0.25, 0.3) is 38.9 Å². The Morgan fingerprint density at radius 1 is 1.14 bits per heavy atom. The summed E-state index contributed by atoms with van der Waals surface area (Å²) in [5.41, 5.74) is 2.82. The van der Waals surface area contributed by atoms with E-state index in [-0.39, 0.29) is 11.9 Å². The summed E-state index contributed by atoms with van der Waals surface area (Å²) in [6, 6.07) is 4.97. The molecule has 1 saturated heterocycles. The molecule has 5 aromatic rings. The van der Waals surface area contributed by atoms with E-state index in [2.05, 4.69) is 20.4 Å². The Morgan fingerprint density at radius 3 is 2.59 bits per heavy atom. The highest BCUT2D eigenvalue weighted by molar-refractivity contribution is 6.05. The molecule has 4 aromatic heterocycles. The Balaban J connectivity index is 1.54. The van der Waals surface area contributed by atoms with Crippen LogP contribution < -0.4 is 20.5 Å². The first-order chi connectivity index (χ1) is 17.9. The minimum absolute atomic E-state index is 0.0792. The first kappa shape index (κ1) is 23.2. The molecule has 1 fully saturated rings. The van der Waals surface area contributed by atoms with Crippen molar-refractivity contribution in [3.8, 4) is 28.4 Å². The summed E-state index contributed by atoms with van der Waals surface area (Å²) in [6.45, 7) is 3.70. The lowest BCUT2D eigenvalue weighted by Crippen LogP contribution is -2.49. The minimum atomic E-state index is -0.656. The maximum Gasteiger partial charge on any atom is 0.334 e. The highest BCUT2D eigenvalue weighted by atomic mass is 19.1. The molecule has 1 N–H and O–H groups in total. The molecule has 10 nitrogen and oxygen atoms in total. The summed E-state index contributed by atoms with van der Waals surface area (Å²) in [5.74, 6) is 0.542. The van der Waals surface area contributed by atoms with Gasteiger partial charge in [-0.05, 0) is 13.0 Å². The van der Waals surface area contributed by atoms with Gasteiger partial charge in [-0.3, -0.25) is 14.2 Å². The maximum absolute atomic E-state index is 15.5. The predicted octanol–water partition coefficient (Wildman–Crippen LogP) is 2.81. The Labute approximate surface area is 211 Å². The maximum atomic E-state index is 15.5. The summed E-state index contributed by atoms with van der Waals surface area (Å²) in [6.07, 6.45) is 6.58. The fourth-order valence-electron chi connectivity index (χ4n) is 4.77. The monoisotopic (exact) mass is 503 g/mol. The van der Waals surface area contributed by atoms with E-state index in [1.54, 1.807) is 37.3 Å². The van der Waals surface area contributed by atoms with Crippen molar-refractivity contribution in [2.24, 2.45) is 20.0 Å². The summed E-state index contributed by atoms with van der Waals surface area (Å²) >= 11 is 0. The van der Waals surface area contributed by atoms with Crippen LogP contribution in [0.2, 0.25) is 0 Å². The van der Waals surface area contributed by atoms with E-state index < -0.39 is 11.5 Å². The molecule has 5 heterocycles. The number of aryl methyl sites for hydroxylation is 2. The van der Waals surface area contributed by atoms with Crippen molar-refractivity contribution in [1.82, 2.24) is 34.2 Å². The van der Waals surface area contributed by atoms with Gasteiger partial charge in [0.2, 0.25) is 0 Å². The van der Waals surface area contributed by atoms with Crippen LogP contribution in [-0.2, 0) is 14.1 Å². The molecule has 0 amide bonds. The highest BCUT2D eigenvalue weighted by Crippen LogP contribution is 2.36. The Bertz CT molecular complexity index is 1720. The van der Waals surface area contributed by atoms with Gasteiger partial charge in [0.1, 0.15) is 17.6 Å². The van der Waals surface area contributed by atoms with Gasteiger partial charge >= 0.3 is 5.69 Å². The lowest BCUT2D eigenvalue weighted by Gasteiger charge is -2.32. The van der Waals surface area contributed by atoms with E-state index in [0.29, 0.717) is 39.4 Å². The third-order valence-electron chi connectivity index (χ3n) is 7.03. The van der Waals surface area contributed by atoms with Gasteiger partial charge in [-0.25, -0.2) is 18.7 Å². The van der Waals surface area contributed by atoms with E-state index >= 15 is 4.39 Å². The summed E-state index contributed by atoms with van der Waals surface area (Å²) < 4.78 is 31.5. The topological polar surface area (TPSA) is 101 Å². The number of fused-ring (bicyclic) bond motifs is 3. The van der Waals surface area contributed by atoms with Crippen molar-refractivity contribution in [1.29, 1.82) is 0 Å². The van der Waals surface area contributed by atoms with Crippen LogP contribution in [-0.4, -0.2) is 55.2 Å². The SMILES string of the molecule is COc1cc2ncc3c(c2cc1-c1cnn(C)c1)n(-c1ncc(OC(C)C2CNC2)cc1F)c(=O)n3C. The molecule has 1 atom stereocenters. The van der Waals surface area contributed by atoms with E-state index in [0.717, 1.165) is 24.2 Å². The van der Waals surface area contributed by atoms with E-state index in [4.69, 9.17) is 9.47 Å². The van der Waals surface area contributed by atoms with E-state index in [1.165, 1.54) is 21.4 Å². The number of ether oxygens (including phenoxy) is 2. The number of nitrogens with one attached hydrogen (secondary N) is 1. The average Bonchev–Trinajstić information content (AvgIpc) is 3.38. The van der Waals surface area contributed by atoms with Gasteiger partial charge < -0.3 is 14.8 Å². The Morgan fingerprint density at radius 2 is 1.95 bits per heavy atom. The number of hydrogen-bond acceptors (Lipinski definition) is 7. The molecule has 0 saturated carbocycles. The van der Waals surface area contributed by atoms with Gasteiger partial charge in [0.05, 0.1) is 42.3 Å². The van der Waals surface area contributed by atoms with Crippen LogP contribution in [0.3, 0.4) is 0 Å². The number of halogens is 1. The molecule has 0 spiro atoms. The molecule has 6 rings (SSSR count). The van der Waals surface area contributed by atoms with Gasteiger partial charge in [0, 0.05) is 67.9 Å². The lowest BCUT2D eigenvalue weighted by atomic mass is 9.98. The van der Waals surface area contributed by atoms with E-state index in [9.17, 15) is 4.79 Å². The number of nitrogens with zero attached hydrogens (tertiary/aromatic N) is 6. The summed E-state index contributed by atoms with van der Waals surface area (Å²) in [7, 11) is 5.05. The van der Waals surface area contributed by atoms with Crippen molar-refractivity contribution in [2.45, 2.75) is 13.0 Å². The number of hydrogen-bond donors (Lipinski definition) is 1. The van der Waals surface area contributed by atoms with Crippen LogP contribution in [0.1, 0.15) is 6.92 Å². The molecule has 190 valence electrons. The minimum Gasteiger partial charge on any atom is -0.496 e.